The number of benzene rings is 1. The monoisotopic (exact) mass is 326 g/mol. The minimum absolute atomic E-state index is 0.291. The normalized spacial score (nSPS) is 14.4. The van der Waals surface area contributed by atoms with E-state index in [4.69, 9.17) is 11.6 Å². The molecule has 0 saturated carbocycles. The summed E-state index contributed by atoms with van der Waals surface area (Å²) in [7, 11) is 0. The predicted molar refractivity (Wildman–Crippen MR) is 82.4 cm³/mol. The molecule has 0 bridgehead atoms. The van der Waals surface area contributed by atoms with Crippen LogP contribution in [0, 0.1) is 5.92 Å². The highest BCUT2D eigenvalue weighted by Crippen LogP contribution is 2.28. The number of nitrogens with zero attached hydrogens (tertiary/aromatic N) is 1. The number of fused-ring (bicyclic) bond motifs is 1. The summed E-state index contributed by atoms with van der Waals surface area (Å²) in [6, 6.07) is 8.44. The average molecular weight is 328 g/mol. The van der Waals surface area contributed by atoms with Gasteiger partial charge in [0.2, 0.25) is 0 Å². The number of halogens is 2. The van der Waals surface area contributed by atoms with E-state index >= 15 is 0 Å². The fourth-order valence-corrected chi connectivity index (χ4v) is 2.54. The van der Waals surface area contributed by atoms with Crippen LogP contribution in [0.15, 0.2) is 34.9 Å². The molecule has 1 heterocycles. The maximum Gasteiger partial charge on any atom is 0.134 e. The van der Waals surface area contributed by atoms with E-state index in [1.165, 1.54) is 5.39 Å². The van der Waals surface area contributed by atoms with Crippen molar-refractivity contribution < 1.29 is 0 Å². The van der Waals surface area contributed by atoms with Crippen LogP contribution in [-0.2, 0) is 0 Å². The number of nitrogens with one attached hydrogen (secondary N) is 1. The molecule has 2 rings (SSSR count). The van der Waals surface area contributed by atoms with E-state index in [1.807, 2.05) is 24.4 Å². The molecule has 0 radical (unpaired) electrons. The van der Waals surface area contributed by atoms with Crippen LogP contribution in [0.5, 0.6) is 0 Å². The topological polar surface area (TPSA) is 24.9 Å². The van der Waals surface area contributed by atoms with Crippen LogP contribution >= 0.6 is 27.5 Å². The molecule has 18 heavy (non-hydrogen) atoms. The molecular formula is C14H16BrClN2. The van der Waals surface area contributed by atoms with Gasteiger partial charge in [0.05, 0.1) is 0 Å². The van der Waals surface area contributed by atoms with E-state index in [2.05, 4.69) is 46.1 Å². The van der Waals surface area contributed by atoms with Gasteiger partial charge in [-0.05, 0) is 25.0 Å². The third kappa shape index (κ3) is 2.78. The van der Waals surface area contributed by atoms with Crippen molar-refractivity contribution in [2.75, 3.05) is 11.2 Å². The third-order valence-corrected chi connectivity index (χ3v) is 4.39. The minimum atomic E-state index is 0.291. The summed E-state index contributed by atoms with van der Waals surface area (Å²) in [4.78, 5) is 4.43. The van der Waals surface area contributed by atoms with Gasteiger partial charge in [-0.2, -0.15) is 0 Å². The molecule has 2 nitrogen and oxygen atoms in total. The summed E-state index contributed by atoms with van der Waals surface area (Å²) >= 11 is 9.45. The molecule has 0 aliphatic rings. The van der Waals surface area contributed by atoms with E-state index < -0.39 is 0 Å². The Labute approximate surface area is 121 Å². The van der Waals surface area contributed by atoms with Crippen LogP contribution in [0.4, 0.5) is 5.82 Å². The second-order valence-electron chi connectivity index (χ2n) is 4.56. The fraction of sp³-hybridized carbons (Fsp3) is 0.357. The predicted octanol–water partition coefficient (Wildman–Crippen LogP) is 4.67. The lowest BCUT2D eigenvalue weighted by atomic mass is 10.1. The summed E-state index contributed by atoms with van der Waals surface area (Å²) in [6.45, 7) is 4.26. The molecule has 0 saturated heterocycles. The SMILES string of the molecule is CC(CCl)C(C)Nc1nccc2c(Br)cccc12. The lowest BCUT2D eigenvalue weighted by Crippen LogP contribution is -2.25. The first kappa shape index (κ1) is 13.6. The van der Waals surface area contributed by atoms with Gasteiger partial charge in [0.1, 0.15) is 5.82 Å². The highest BCUT2D eigenvalue weighted by Gasteiger charge is 2.13. The summed E-state index contributed by atoms with van der Waals surface area (Å²) in [5.41, 5.74) is 0. The number of pyridine rings is 1. The Bertz CT molecular complexity index is 544. The molecule has 2 unspecified atom stereocenters. The largest absolute Gasteiger partial charge is 0.367 e. The highest BCUT2D eigenvalue weighted by molar-refractivity contribution is 9.10. The zero-order chi connectivity index (χ0) is 13.1. The summed E-state index contributed by atoms with van der Waals surface area (Å²) in [6.07, 6.45) is 1.83. The standard InChI is InChI=1S/C14H16BrClN2/c1-9(8-16)10(2)18-14-12-4-3-5-13(15)11(12)6-7-17-14/h3-7,9-10H,8H2,1-2H3,(H,17,18). The van der Waals surface area contributed by atoms with Crippen molar-refractivity contribution in [2.45, 2.75) is 19.9 Å². The van der Waals surface area contributed by atoms with Gasteiger partial charge < -0.3 is 5.32 Å². The first-order chi connectivity index (χ1) is 8.63. The van der Waals surface area contributed by atoms with Crippen LogP contribution < -0.4 is 5.32 Å². The fourth-order valence-electron chi connectivity index (χ4n) is 1.78. The Balaban J connectivity index is 2.37. The molecule has 0 aliphatic carbocycles. The van der Waals surface area contributed by atoms with E-state index in [-0.39, 0.29) is 0 Å². The van der Waals surface area contributed by atoms with Crippen molar-refractivity contribution in [3.63, 3.8) is 0 Å². The molecule has 4 heteroatoms. The van der Waals surface area contributed by atoms with E-state index in [1.54, 1.807) is 0 Å². The molecule has 1 aromatic carbocycles. The third-order valence-electron chi connectivity index (χ3n) is 3.21. The second kappa shape index (κ2) is 5.89. The maximum atomic E-state index is 5.89. The van der Waals surface area contributed by atoms with E-state index in [0.29, 0.717) is 17.8 Å². The second-order valence-corrected chi connectivity index (χ2v) is 5.72. The van der Waals surface area contributed by atoms with Gasteiger partial charge in [-0.3, -0.25) is 0 Å². The zero-order valence-corrected chi connectivity index (χ0v) is 12.8. The summed E-state index contributed by atoms with van der Waals surface area (Å²) < 4.78 is 1.09. The van der Waals surface area contributed by atoms with Crippen molar-refractivity contribution in [1.29, 1.82) is 0 Å². The van der Waals surface area contributed by atoms with Crippen LogP contribution in [0.25, 0.3) is 10.8 Å². The first-order valence-corrected chi connectivity index (χ1v) is 7.32. The van der Waals surface area contributed by atoms with Crippen LogP contribution in [-0.4, -0.2) is 16.9 Å². The zero-order valence-electron chi connectivity index (χ0n) is 10.5. The van der Waals surface area contributed by atoms with Gasteiger partial charge in [-0.25, -0.2) is 4.98 Å². The average Bonchev–Trinajstić information content (AvgIpc) is 2.39. The number of aromatic nitrogens is 1. The van der Waals surface area contributed by atoms with Gasteiger partial charge in [0.15, 0.2) is 0 Å². The van der Waals surface area contributed by atoms with Gasteiger partial charge in [-0.1, -0.05) is 35.0 Å². The molecule has 96 valence electrons. The molecular weight excluding hydrogens is 312 g/mol. The highest BCUT2D eigenvalue weighted by atomic mass is 79.9. The molecule has 0 fully saturated rings. The van der Waals surface area contributed by atoms with Crippen LogP contribution in [0.2, 0.25) is 0 Å². The van der Waals surface area contributed by atoms with Crippen molar-refractivity contribution in [2.24, 2.45) is 5.92 Å². The Morgan fingerprint density at radius 2 is 2.06 bits per heavy atom. The van der Waals surface area contributed by atoms with Crippen molar-refractivity contribution in [3.8, 4) is 0 Å². The molecule has 0 amide bonds. The minimum Gasteiger partial charge on any atom is -0.367 e. The Hall–Kier alpha value is -0.800. The molecule has 2 atom stereocenters. The Kier molecular flexibility index (Phi) is 4.46. The number of anilines is 1. The van der Waals surface area contributed by atoms with Gasteiger partial charge in [0.25, 0.3) is 0 Å². The van der Waals surface area contributed by atoms with E-state index in [0.717, 1.165) is 15.7 Å². The first-order valence-electron chi connectivity index (χ1n) is 5.99. The van der Waals surface area contributed by atoms with Gasteiger partial charge in [0, 0.05) is 33.4 Å². The Morgan fingerprint density at radius 1 is 1.28 bits per heavy atom. The maximum absolute atomic E-state index is 5.89. The van der Waals surface area contributed by atoms with Crippen LogP contribution in [0.1, 0.15) is 13.8 Å². The smallest absolute Gasteiger partial charge is 0.134 e. The quantitative estimate of drug-likeness (QED) is 0.825. The van der Waals surface area contributed by atoms with Crippen molar-refractivity contribution in [3.05, 3.63) is 34.9 Å². The molecule has 1 aromatic heterocycles. The molecule has 0 spiro atoms. The van der Waals surface area contributed by atoms with Gasteiger partial charge in [-0.15, -0.1) is 11.6 Å². The summed E-state index contributed by atoms with van der Waals surface area (Å²) in [5, 5.41) is 5.74. The molecule has 0 aliphatic heterocycles. The van der Waals surface area contributed by atoms with Gasteiger partial charge >= 0.3 is 0 Å². The van der Waals surface area contributed by atoms with Crippen molar-refractivity contribution in [1.82, 2.24) is 4.98 Å². The number of hydrogen-bond acceptors (Lipinski definition) is 2. The lowest BCUT2D eigenvalue weighted by molar-refractivity contribution is 0.565. The number of alkyl halides is 1. The van der Waals surface area contributed by atoms with Crippen molar-refractivity contribution >= 4 is 44.1 Å². The molecule has 2 aromatic rings. The molecule has 1 N–H and O–H groups in total. The van der Waals surface area contributed by atoms with E-state index in [9.17, 15) is 0 Å². The Morgan fingerprint density at radius 3 is 2.78 bits per heavy atom. The van der Waals surface area contributed by atoms with Crippen LogP contribution in [0.3, 0.4) is 0 Å². The lowest BCUT2D eigenvalue weighted by Gasteiger charge is -2.20. The number of hydrogen-bond donors (Lipinski definition) is 1. The number of rotatable bonds is 4. The summed E-state index contributed by atoms with van der Waals surface area (Å²) in [5.74, 6) is 1.96.